The Balaban J connectivity index is 1.70. The molecule has 8 heteroatoms. The molecule has 0 amide bonds. The monoisotopic (exact) mass is 407 g/mol. The minimum Gasteiger partial charge on any atom is -0.372 e. The zero-order chi connectivity index (χ0) is 21.3. The summed E-state index contributed by atoms with van der Waals surface area (Å²) < 4.78 is 5.83. The van der Waals surface area contributed by atoms with E-state index in [1.807, 2.05) is 18.3 Å². The van der Waals surface area contributed by atoms with Crippen LogP contribution in [0.3, 0.4) is 0 Å². The molecule has 3 N–H and O–H groups in total. The van der Waals surface area contributed by atoms with Crippen molar-refractivity contribution in [3.8, 4) is 11.4 Å². The van der Waals surface area contributed by atoms with Gasteiger partial charge in [-0.05, 0) is 25.8 Å². The number of hydrogen-bond acceptors (Lipinski definition) is 7. The number of aromatic amines is 1. The van der Waals surface area contributed by atoms with Gasteiger partial charge < -0.3 is 14.6 Å². The van der Waals surface area contributed by atoms with Crippen molar-refractivity contribution in [2.75, 3.05) is 31.6 Å². The van der Waals surface area contributed by atoms with E-state index < -0.39 is 0 Å². The first-order chi connectivity index (χ1) is 14.4. The predicted molar refractivity (Wildman–Crippen MR) is 118 cm³/mol. The van der Waals surface area contributed by atoms with Crippen LogP contribution >= 0.6 is 0 Å². The Labute approximate surface area is 176 Å². The molecule has 3 heterocycles. The van der Waals surface area contributed by atoms with E-state index in [2.05, 4.69) is 57.6 Å². The number of anilines is 1. The number of hydrogen-bond donors (Lipinski definition) is 2. The van der Waals surface area contributed by atoms with Gasteiger partial charge >= 0.3 is 0 Å². The molecule has 30 heavy (non-hydrogen) atoms. The van der Waals surface area contributed by atoms with Gasteiger partial charge in [0.15, 0.2) is 0 Å². The van der Waals surface area contributed by atoms with E-state index in [0.29, 0.717) is 6.61 Å². The smallest absolute Gasteiger partial charge is 0.132 e. The highest BCUT2D eigenvalue weighted by Crippen LogP contribution is 2.24. The van der Waals surface area contributed by atoms with E-state index in [1.54, 1.807) is 18.4 Å². The maximum atomic E-state index is 5.83. The van der Waals surface area contributed by atoms with Crippen LogP contribution in [0.15, 0.2) is 36.8 Å². The lowest BCUT2D eigenvalue weighted by Crippen LogP contribution is -2.48. The van der Waals surface area contributed by atoms with Crippen LogP contribution < -0.4 is 21.3 Å². The van der Waals surface area contributed by atoms with Crippen LogP contribution in [0, 0.1) is 5.92 Å². The number of allylic oxidation sites excluding steroid dienone is 2. The molecule has 0 spiro atoms. The number of fused-ring (bicyclic) bond motifs is 1. The van der Waals surface area contributed by atoms with Gasteiger partial charge in [0, 0.05) is 43.5 Å². The van der Waals surface area contributed by atoms with Gasteiger partial charge in [-0.1, -0.05) is 24.8 Å². The van der Waals surface area contributed by atoms with Crippen molar-refractivity contribution in [3.63, 3.8) is 0 Å². The first-order valence-electron chi connectivity index (χ1n) is 10.2. The van der Waals surface area contributed by atoms with E-state index in [0.717, 1.165) is 52.9 Å². The minimum atomic E-state index is -0.200. The largest absolute Gasteiger partial charge is 0.372 e. The number of H-pyrrole nitrogens is 1. The van der Waals surface area contributed by atoms with Crippen molar-refractivity contribution in [3.05, 3.63) is 47.4 Å². The average Bonchev–Trinajstić information content (AvgIpc) is 3.14. The van der Waals surface area contributed by atoms with Crippen LogP contribution in [0.2, 0.25) is 0 Å². The molecule has 1 aliphatic carbocycles. The molecule has 2 aromatic heterocycles. The van der Waals surface area contributed by atoms with Crippen LogP contribution in [0.25, 0.3) is 23.5 Å². The molecule has 1 aliphatic heterocycles. The highest BCUT2D eigenvalue weighted by molar-refractivity contribution is 5.63. The lowest BCUT2D eigenvalue weighted by atomic mass is 9.91. The maximum absolute atomic E-state index is 5.83. The molecule has 4 rings (SSSR count). The summed E-state index contributed by atoms with van der Waals surface area (Å²) in [6.45, 7) is 10.4. The summed E-state index contributed by atoms with van der Waals surface area (Å²) in [5.74, 6) is 6.88. The Morgan fingerprint density at radius 2 is 2.27 bits per heavy atom. The molecule has 0 radical (unpaired) electrons. The Hall–Kier alpha value is -2.97. The summed E-state index contributed by atoms with van der Waals surface area (Å²) in [4.78, 5) is 11.3. The molecule has 0 unspecified atom stereocenters. The number of ether oxygens (including phenoxy) is 1. The third-order valence-corrected chi connectivity index (χ3v) is 5.44. The van der Waals surface area contributed by atoms with E-state index in [4.69, 9.17) is 10.6 Å². The summed E-state index contributed by atoms with van der Waals surface area (Å²) in [6, 6.07) is 2.01. The molecular weight excluding hydrogens is 378 g/mol. The Morgan fingerprint density at radius 1 is 1.43 bits per heavy atom. The third-order valence-electron chi connectivity index (χ3n) is 5.44. The van der Waals surface area contributed by atoms with E-state index >= 15 is 0 Å². The number of nitrogens with two attached hydrogens (primary N) is 1. The molecule has 1 fully saturated rings. The van der Waals surface area contributed by atoms with Crippen LogP contribution in [-0.4, -0.2) is 57.5 Å². The molecule has 8 nitrogen and oxygen atoms in total. The van der Waals surface area contributed by atoms with Crippen LogP contribution in [0.5, 0.6) is 0 Å². The van der Waals surface area contributed by atoms with Gasteiger partial charge in [-0.15, -0.1) is 0 Å². The fourth-order valence-corrected chi connectivity index (χ4v) is 4.03. The van der Waals surface area contributed by atoms with Crippen LogP contribution in [0.4, 0.5) is 5.82 Å². The summed E-state index contributed by atoms with van der Waals surface area (Å²) >= 11 is 0. The highest BCUT2D eigenvalue weighted by atomic mass is 16.5. The lowest BCUT2D eigenvalue weighted by molar-refractivity contribution is -0.0279. The molecule has 158 valence electrons. The predicted octanol–water partition coefficient (Wildman–Crippen LogP) is 0.938. The summed E-state index contributed by atoms with van der Waals surface area (Å²) in [6.07, 6.45) is 10.6. The number of morpholine rings is 1. The van der Waals surface area contributed by atoms with Crippen molar-refractivity contribution < 1.29 is 4.74 Å². The lowest BCUT2D eigenvalue weighted by Gasteiger charge is -2.38. The average molecular weight is 408 g/mol. The van der Waals surface area contributed by atoms with Gasteiger partial charge in [-0.3, -0.25) is 5.10 Å². The van der Waals surface area contributed by atoms with Gasteiger partial charge in [-0.25, -0.2) is 15.8 Å². The molecule has 0 aromatic carbocycles. The molecular formula is C22H29N7O. The van der Waals surface area contributed by atoms with Crippen molar-refractivity contribution in [1.29, 1.82) is 0 Å². The van der Waals surface area contributed by atoms with Gasteiger partial charge in [0.1, 0.15) is 17.8 Å². The quantitative estimate of drug-likeness (QED) is 0.433. The second-order valence-electron chi connectivity index (χ2n) is 8.40. The summed E-state index contributed by atoms with van der Waals surface area (Å²) in [7, 11) is 1.81. The van der Waals surface area contributed by atoms with E-state index in [1.165, 1.54) is 0 Å². The number of hydrazine groups is 1. The van der Waals surface area contributed by atoms with Gasteiger partial charge in [0.25, 0.3) is 0 Å². The van der Waals surface area contributed by atoms with Gasteiger partial charge in [-0.2, -0.15) is 5.10 Å². The van der Waals surface area contributed by atoms with Crippen molar-refractivity contribution >= 4 is 18.0 Å². The summed E-state index contributed by atoms with van der Waals surface area (Å²) in [5.41, 5.74) is 2.49. The normalized spacial score (nSPS) is 20.7. The fourth-order valence-electron chi connectivity index (χ4n) is 4.03. The van der Waals surface area contributed by atoms with Crippen molar-refractivity contribution in [1.82, 2.24) is 25.2 Å². The highest BCUT2D eigenvalue weighted by Gasteiger charge is 2.28. The molecule has 2 aliphatic rings. The number of aromatic nitrogens is 4. The Bertz CT molecular complexity index is 1080. The van der Waals surface area contributed by atoms with Gasteiger partial charge in [0.05, 0.1) is 23.3 Å². The van der Waals surface area contributed by atoms with Gasteiger partial charge in [0.2, 0.25) is 0 Å². The Morgan fingerprint density at radius 3 is 3.00 bits per heavy atom. The number of nitrogens with zero attached hydrogens (tertiary/aromatic N) is 5. The molecule has 0 bridgehead atoms. The summed E-state index contributed by atoms with van der Waals surface area (Å²) in [5, 5.41) is 11.3. The fraction of sp³-hybridized carbons (Fsp3) is 0.409. The van der Waals surface area contributed by atoms with Crippen LogP contribution in [-0.2, 0) is 4.74 Å². The van der Waals surface area contributed by atoms with E-state index in [-0.39, 0.29) is 11.5 Å². The SMILES string of the molecule is C=C/C(=C\N(C)N)[C@@H]1C=c2c(-c3cc(N4CCOC(C)(C)C4)ncn3)n[nH]c2=CC1. The van der Waals surface area contributed by atoms with Crippen LogP contribution in [0.1, 0.15) is 20.3 Å². The first kappa shape index (κ1) is 20.3. The molecule has 2 aromatic rings. The standard InChI is InChI=1S/C22H29N7O/c1-5-15(12-28(4)23)16-6-7-18-17(10-16)21(27-26-18)19-11-20(25-14-24-19)29-8-9-30-22(2,3)13-29/h5,7,10-12,14,16,26H,1,6,8-9,13,23H2,2-4H3/b15-12+/t16-/m0/s1. The molecule has 0 saturated carbocycles. The maximum Gasteiger partial charge on any atom is 0.132 e. The number of nitrogens with one attached hydrogen (secondary N) is 1. The molecule has 1 saturated heterocycles. The van der Waals surface area contributed by atoms with E-state index in [9.17, 15) is 0 Å². The van der Waals surface area contributed by atoms with Crippen molar-refractivity contribution in [2.24, 2.45) is 11.8 Å². The third kappa shape index (κ3) is 4.15. The van der Waals surface area contributed by atoms with Crippen molar-refractivity contribution in [2.45, 2.75) is 25.9 Å². The second-order valence-corrected chi connectivity index (χ2v) is 8.40. The second kappa shape index (κ2) is 8.04. The Kier molecular flexibility index (Phi) is 5.44. The first-order valence-corrected chi connectivity index (χ1v) is 10.2. The zero-order valence-electron chi connectivity index (χ0n) is 17.8. The zero-order valence-corrected chi connectivity index (χ0v) is 17.8. The number of rotatable bonds is 5. The molecule has 1 atom stereocenters. The topological polar surface area (TPSA) is 96.2 Å². The minimum absolute atomic E-state index is 0.179.